The Kier molecular flexibility index (Phi) is 5.64. The Morgan fingerprint density at radius 2 is 1.71 bits per heavy atom. The zero-order valence-corrected chi connectivity index (χ0v) is 10.7. The maximum absolute atomic E-state index is 11.4. The van der Waals surface area contributed by atoms with Gasteiger partial charge >= 0.3 is 12.0 Å². The minimum atomic E-state index is -1.07. The molecule has 6 heteroatoms. The highest BCUT2D eigenvalue weighted by Crippen LogP contribution is 2.18. The molecule has 0 saturated carbocycles. The summed E-state index contributed by atoms with van der Waals surface area (Å²) in [5.74, 6) is -1.66. The standard InChI is InChI=1S/C11H20N2O4/c1-7(11(2,3)4)12-10(17)13-8(14)5-6-9(15)16/h7H,5-6H2,1-4H3,(H,15,16)(H2,12,13,14,17). The fraction of sp³-hybridized carbons (Fsp3) is 0.727. The van der Waals surface area contributed by atoms with Crippen LogP contribution in [0.4, 0.5) is 4.79 Å². The minimum absolute atomic E-state index is 0.102. The van der Waals surface area contributed by atoms with E-state index >= 15 is 0 Å². The van der Waals surface area contributed by atoms with Crippen LogP contribution in [0.1, 0.15) is 40.5 Å². The molecule has 6 nitrogen and oxygen atoms in total. The highest BCUT2D eigenvalue weighted by Gasteiger charge is 2.22. The van der Waals surface area contributed by atoms with Crippen molar-refractivity contribution in [3.8, 4) is 0 Å². The monoisotopic (exact) mass is 244 g/mol. The summed E-state index contributed by atoms with van der Waals surface area (Å²) in [7, 11) is 0. The molecule has 98 valence electrons. The lowest BCUT2D eigenvalue weighted by Crippen LogP contribution is -2.48. The molecule has 0 radical (unpaired) electrons. The SMILES string of the molecule is CC(NC(=O)NC(=O)CCC(=O)O)C(C)(C)C. The predicted octanol–water partition coefficient (Wildman–Crippen LogP) is 1.11. The lowest BCUT2D eigenvalue weighted by molar-refractivity contribution is -0.138. The van der Waals surface area contributed by atoms with Crippen molar-refractivity contribution in [2.45, 2.75) is 46.6 Å². The van der Waals surface area contributed by atoms with Crippen molar-refractivity contribution in [1.29, 1.82) is 0 Å². The van der Waals surface area contributed by atoms with Crippen molar-refractivity contribution >= 4 is 17.9 Å². The van der Waals surface area contributed by atoms with Gasteiger partial charge in [0.25, 0.3) is 0 Å². The van der Waals surface area contributed by atoms with Gasteiger partial charge in [-0.2, -0.15) is 0 Å². The molecule has 0 fully saturated rings. The number of aliphatic carboxylic acids is 1. The second kappa shape index (κ2) is 6.22. The maximum atomic E-state index is 11.4. The topological polar surface area (TPSA) is 95.5 Å². The molecule has 0 aliphatic heterocycles. The molecular formula is C11H20N2O4. The lowest BCUT2D eigenvalue weighted by Gasteiger charge is -2.27. The van der Waals surface area contributed by atoms with E-state index < -0.39 is 17.9 Å². The van der Waals surface area contributed by atoms with Crippen LogP contribution in [0.15, 0.2) is 0 Å². The van der Waals surface area contributed by atoms with Crippen molar-refractivity contribution < 1.29 is 19.5 Å². The van der Waals surface area contributed by atoms with Crippen molar-refractivity contribution in [3.63, 3.8) is 0 Å². The van der Waals surface area contributed by atoms with Gasteiger partial charge < -0.3 is 10.4 Å². The van der Waals surface area contributed by atoms with Gasteiger partial charge in [0.2, 0.25) is 5.91 Å². The summed E-state index contributed by atoms with van der Waals surface area (Å²) >= 11 is 0. The van der Waals surface area contributed by atoms with Crippen LogP contribution < -0.4 is 10.6 Å². The number of imide groups is 1. The summed E-state index contributed by atoms with van der Waals surface area (Å²) in [6.45, 7) is 7.72. The van der Waals surface area contributed by atoms with Gasteiger partial charge in [-0.1, -0.05) is 20.8 Å². The zero-order valence-electron chi connectivity index (χ0n) is 10.7. The smallest absolute Gasteiger partial charge is 0.321 e. The van der Waals surface area contributed by atoms with Crippen LogP contribution in [0.25, 0.3) is 0 Å². The molecule has 0 aromatic rings. The molecule has 0 aliphatic rings. The average molecular weight is 244 g/mol. The van der Waals surface area contributed by atoms with Gasteiger partial charge in [0.1, 0.15) is 0 Å². The van der Waals surface area contributed by atoms with E-state index in [9.17, 15) is 14.4 Å². The quantitative estimate of drug-likeness (QED) is 0.690. The van der Waals surface area contributed by atoms with Crippen molar-refractivity contribution in [2.24, 2.45) is 5.41 Å². The second-order valence-corrected chi connectivity index (χ2v) is 5.00. The molecular weight excluding hydrogens is 224 g/mol. The van der Waals surface area contributed by atoms with Gasteiger partial charge in [-0.3, -0.25) is 14.9 Å². The van der Waals surface area contributed by atoms with Crippen LogP contribution in [0.3, 0.4) is 0 Å². The van der Waals surface area contributed by atoms with Gasteiger partial charge in [0, 0.05) is 12.5 Å². The predicted molar refractivity (Wildman–Crippen MR) is 62.5 cm³/mol. The molecule has 3 amide bonds. The number of carbonyl (C=O) groups excluding carboxylic acids is 2. The normalized spacial score (nSPS) is 12.7. The Balaban J connectivity index is 4.02. The van der Waals surface area contributed by atoms with E-state index in [1.165, 1.54) is 0 Å². The number of carboxylic acids is 1. The van der Waals surface area contributed by atoms with E-state index in [-0.39, 0.29) is 24.3 Å². The molecule has 1 unspecified atom stereocenters. The van der Waals surface area contributed by atoms with Crippen LogP contribution in [0.2, 0.25) is 0 Å². The van der Waals surface area contributed by atoms with Crippen molar-refractivity contribution in [1.82, 2.24) is 10.6 Å². The number of nitrogens with one attached hydrogen (secondary N) is 2. The van der Waals surface area contributed by atoms with Gasteiger partial charge in [-0.05, 0) is 12.3 Å². The summed E-state index contributed by atoms with van der Waals surface area (Å²) in [6.07, 6.45) is -0.486. The number of rotatable bonds is 4. The van der Waals surface area contributed by atoms with E-state index in [4.69, 9.17) is 5.11 Å². The Labute approximate surface area is 101 Å². The largest absolute Gasteiger partial charge is 0.481 e. The second-order valence-electron chi connectivity index (χ2n) is 5.00. The maximum Gasteiger partial charge on any atom is 0.321 e. The fourth-order valence-electron chi connectivity index (χ4n) is 0.859. The summed E-state index contributed by atoms with van der Waals surface area (Å²) in [4.78, 5) is 32.7. The highest BCUT2D eigenvalue weighted by molar-refractivity contribution is 5.95. The number of urea groups is 1. The Morgan fingerprint density at radius 3 is 2.12 bits per heavy atom. The number of hydrogen-bond donors (Lipinski definition) is 3. The summed E-state index contributed by atoms with van der Waals surface area (Å²) in [5.41, 5.74) is -0.110. The zero-order chi connectivity index (χ0) is 13.6. The molecule has 0 aromatic heterocycles. The summed E-state index contributed by atoms with van der Waals surface area (Å²) in [6, 6.07) is -0.697. The van der Waals surface area contributed by atoms with Crippen molar-refractivity contribution in [3.05, 3.63) is 0 Å². The summed E-state index contributed by atoms with van der Waals surface area (Å²) in [5, 5.41) is 13.1. The fourth-order valence-corrected chi connectivity index (χ4v) is 0.859. The van der Waals surface area contributed by atoms with Crippen molar-refractivity contribution in [2.75, 3.05) is 0 Å². The Bertz CT molecular complexity index is 307. The van der Waals surface area contributed by atoms with Gasteiger partial charge in [-0.25, -0.2) is 4.79 Å². The number of amides is 3. The Hall–Kier alpha value is -1.59. The van der Waals surface area contributed by atoms with E-state index in [1.54, 1.807) is 0 Å². The summed E-state index contributed by atoms with van der Waals surface area (Å²) < 4.78 is 0. The van der Waals surface area contributed by atoms with Crippen LogP contribution >= 0.6 is 0 Å². The molecule has 0 aromatic carbocycles. The number of hydrogen-bond acceptors (Lipinski definition) is 3. The molecule has 17 heavy (non-hydrogen) atoms. The molecule has 0 aliphatic carbocycles. The number of carboxylic acid groups (broad SMARTS) is 1. The van der Waals surface area contributed by atoms with Gasteiger partial charge in [0.05, 0.1) is 6.42 Å². The molecule has 0 rings (SSSR count). The first-order chi connectivity index (χ1) is 7.62. The average Bonchev–Trinajstić information content (AvgIpc) is 2.12. The van der Waals surface area contributed by atoms with E-state index in [0.29, 0.717) is 0 Å². The van der Waals surface area contributed by atoms with E-state index in [2.05, 4.69) is 10.6 Å². The third-order valence-corrected chi connectivity index (χ3v) is 2.47. The first kappa shape index (κ1) is 15.4. The number of carbonyl (C=O) groups is 3. The van der Waals surface area contributed by atoms with E-state index in [1.807, 2.05) is 27.7 Å². The van der Waals surface area contributed by atoms with Gasteiger partial charge in [-0.15, -0.1) is 0 Å². The highest BCUT2D eigenvalue weighted by atomic mass is 16.4. The van der Waals surface area contributed by atoms with Crippen LogP contribution in [-0.2, 0) is 9.59 Å². The first-order valence-electron chi connectivity index (χ1n) is 5.45. The molecule has 0 spiro atoms. The van der Waals surface area contributed by atoms with E-state index in [0.717, 1.165) is 0 Å². The molecule has 0 saturated heterocycles. The molecule has 3 N–H and O–H groups in total. The Morgan fingerprint density at radius 1 is 1.18 bits per heavy atom. The lowest BCUT2D eigenvalue weighted by atomic mass is 9.88. The molecule has 0 heterocycles. The van der Waals surface area contributed by atoms with Crippen LogP contribution in [-0.4, -0.2) is 29.1 Å². The molecule has 0 bridgehead atoms. The third kappa shape index (κ3) is 7.32. The first-order valence-corrected chi connectivity index (χ1v) is 5.45. The minimum Gasteiger partial charge on any atom is -0.481 e. The third-order valence-electron chi connectivity index (χ3n) is 2.47. The van der Waals surface area contributed by atoms with Gasteiger partial charge in [0.15, 0.2) is 0 Å². The van der Waals surface area contributed by atoms with Crippen LogP contribution in [0, 0.1) is 5.41 Å². The molecule has 1 atom stereocenters. The van der Waals surface area contributed by atoms with Crippen LogP contribution in [0.5, 0.6) is 0 Å².